The number of pyridine rings is 1. The largest absolute Gasteiger partial charge is 0.468 e. The van der Waals surface area contributed by atoms with Gasteiger partial charge in [-0.25, -0.2) is 18.4 Å². The minimum absolute atomic E-state index is 0.00956. The van der Waals surface area contributed by atoms with Gasteiger partial charge in [0.15, 0.2) is 16.4 Å². The first-order chi connectivity index (χ1) is 14.0. The van der Waals surface area contributed by atoms with Gasteiger partial charge in [0, 0.05) is 31.1 Å². The predicted molar refractivity (Wildman–Crippen MR) is 98.2 cm³/mol. The van der Waals surface area contributed by atoms with Crippen LogP contribution in [0.1, 0.15) is 24.8 Å². The molecular formula is C17H19F3N4O5S. The number of amides is 2. The Bertz CT molecular complexity index is 964. The van der Waals surface area contributed by atoms with Crippen molar-refractivity contribution in [2.45, 2.75) is 38.0 Å². The molecule has 1 saturated heterocycles. The summed E-state index contributed by atoms with van der Waals surface area (Å²) in [6, 6.07) is 2.34. The van der Waals surface area contributed by atoms with Crippen LogP contribution >= 0.6 is 0 Å². The summed E-state index contributed by atoms with van der Waals surface area (Å²) in [7, 11) is -3.24. The average Bonchev–Trinajstić information content (AvgIpc) is 3.04. The molecule has 13 heteroatoms. The molecule has 2 amide bonds. The summed E-state index contributed by atoms with van der Waals surface area (Å²) >= 11 is 0. The van der Waals surface area contributed by atoms with Crippen LogP contribution in [0.5, 0.6) is 5.88 Å². The van der Waals surface area contributed by atoms with Crippen molar-refractivity contribution in [3.63, 3.8) is 0 Å². The van der Waals surface area contributed by atoms with Crippen molar-refractivity contribution in [2.24, 2.45) is 5.10 Å². The van der Waals surface area contributed by atoms with Gasteiger partial charge in [0.05, 0.1) is 17.5 Å². The van der Waals surface area contributed by atoms with Crippen molar-refractivity contribution in [3.8, 4) is 5.88 Å². The van der Waals surface area contributed by atoms with Crippen LogP contribution < -0.4 is 10.1 Å². The minimum Gasteiger partial charge on any atom is -0.468 e. The lowest BCUT2D eigenvalue weighted by Gasteiger charge is -2.27. The van der Waals surface area contributed by atoms with Crippen LogP contribution in [-0.2, 0) is 26.0 Å². The Kier molecular flexibility index (Phi) is 6.29. The van der Waals surface area contributed by atoms with Gasteiger partial charge in [0.1, 0.15) is 5.71 Å². The molecule has 1 fully saturated rings. The Labute approximate surface area is 170 Å². The fraction of sp³-hybridized carbons (Fsp3) is 0.529. The molecule has 0 spiro atoms. The van der Waals surface area contributed by atoms with Crippen molar-refractivity contribution in [1.29, 1.82) is 0 Å². The van der Waals surface area contributed by atoms with Crippen LogP contribution in [0.25, 0.3) is 0 Å². The maximum Gasteiger partial charge on any atom is 0.422 e. The summed E-state index contributed by atoms with van der Waals surface area (Å²) in [5, 5.41) is 7.62. The zero-order chi connectivity index (χ0) is 21.9. The lowest BCUT2D eigenvalue weighted by Crippen LogP contribution is -2.43. The van der Waals surface area contributed by atoms with Gasteiger partial charge in [0.25, 0.3) is 5.91 Å². The van der Waals surface area contributed by atoms with E-state index in [1.54, 1.807) is 0 Å². The van der Waals surface area contributed by atoms with Crippen molar-refractivity contribution in [2.75, 3.05) is 18.1 Å². The molecule has 1 unspecified atom stereocenters. The van der Waals surface area contributed by atoms with Gasteiger partial charge in [-0.1, -0.05) is 6.07 Å². The molecule has 1 atom stereocenters. The van der Waals surface area contributed by atoms with Gasteiger partial charge in [-0.3, -0.25) is 9.59 Å². The molecule has 0 aliphatic carbocycles. The summed E-state index contributed by atoms with van der Waals surface area (Å²) in [6.07, 6.45) is -2.93. The highest BCUT2D eigenvalue weighted by molar-refractivity contribution is 7.91. The lowest BCUT2D eigenvalue weighted by molar-refractivity contribution is -0.154. The molecule has 164 valence electrons. The standard InChI is InChI=1S/C17H19F3N4O5S/c18-17(19,20)10-29-16-11(2-1-6-21-16)8-22-15(26)13-3-4-14(25)24(23-13)12-5-7-30(27,28)9-12/h1-2,6,12H,3-5,7-10H2,(H,22,26). The first-order valence-electron chi connectivity index (χ1n) is 9.06. The van der Waals surface area contributed by atoms with Gasteiger partial charge in [-0.15, -0.1) is 0 Å². The molecule has 2 aliphatic heterocycles. The van der Waals surface area contributed by atoms with E-state index in [1.807, 2.05) is 0 Å². The SMILES string of the molecule is O=C(NCc1cccnc1OCC(F)(F)F)C1=NN(C2CCS(=O)(=O)C2)C(=O)CC1. The van der Waals surface area contributed by atoms with E-state index >= 15 is 0 Å². The van der Waals surface area contributed by atoms with Crippen LogP contribution in [0.4, 0.5) is 13.2 Å². The summed E-state index contributed by atoms with van der Waals surface area (Å²) in [4.78, 5) is 28.3. The number of nitrogens with one attached hydrogen (secondary N) is 1. The molecule has 0 radical (unpaired) electrons. The van der Waals surface area contributed by atoms with Gasteiger partial charge < -0.3 is 10.1 Å². The van der Waals surface area contributed by atoms with Crippen molar-refractivity contribution in [3.05, 3.63) is 23.9 Å². The number of alkyl halides is 3. The quantitative estimate of drug-likeness (QED) is 0.688. The summed E-state index contributed by atoms with van der Waals surface area (Å²) in [5.41, 5.74) is 0.280. The molecule has 0 bridgehead atoms. The Morgan fingerprint density at radius 1 is 1.33 bits per heavy atom. The first-order valence-corrected chi connectivity index (χ1v) is 10.9. The van der Waals surface area contributed by atoms with E-state index in [0.717, 1.165) is 5.01 Å². The Morgan fingerprint density at radius 3 is 2.77 bits per heavy atom. The third-order valence-electron chi connectivity index (χ3n) is 4.54. The molecule has 0 saturated carbocycles. The van der Waals surface area contributed by atoms with Gasteiger partial charge in [-0.2, -0.15) is 18.3 Å². The number of halogens is 3. The number of ether oxygens (including phenoxy) is 1. The van der Waals surface area contributed by atoms with Gasteiger partial charge >= 0.3 is 6.18 Å². The van der Waals surface area contributed by atoms with Crippen molar-refractivity contribution in [1.82, 2.24) is 15.3 Å². The second kappa shape index (κ2) is 8.58. The van der Waals surface area contributed by atoms with E-state index in [0.29, 0.717) is 0 Å². The van der Waals surface area contributed by atoms with Gasteiger partial charge in [0.2, 0.25) is 11.8 Å². The number of sulfone groups is 1. The topological polar surface area (TPSA) is 118 Å². The first kappa shape index (κ1) is 22.0. The number of rotatable bonds is 6. The zero-order valence-electron chi connectivity index (χ0n) is 15.7. The summed E-state index contributed by atoms with van der Waals surface area (Å²) < 4.78 is 65.1. The maximum atomic E-state index is 12.5. The van der Waals surface area contributed by atoms with E-state index in [4.69, 9.17) is 0 Å². The lowest BCUT2D eigenvalue weighted by atomic mass is 10.1. The van der Waals surface area contributed by atoms with E-state index in [1.165, 1.54) is 18.3 Å². The molecule has 3 rings (SSSR count). The van der Waals surface area contributed by atoms with Crippen LogP contribution in [-0.4, -0.2) is 66.3 Å². The smallest absolute Gasteiger partial charge is 0.422 e. The second-order valence-electron chi connectivity index (χ2n) is 6.90. The van der Waals surface area contributed by atoms with Crippen LogP contribution in [0.15, 0.2) is 23.4 Å². The number of carbonyl (C=O) groups excluding carboxylic acids is 2. The number of hydrogen-bond acceptors (Lipinski definition) is 7. The molecule has 1 N–H and O–H groups in total. The number of carbonyl (C=O) groups is 2. The third-order valence-corrected chi connectivity index (χ3v) is 6.29. The second-order valence-corrected chi connectivity index (χ2v) is 9.12. The highest BCUT2D eigenvalue weighted by Crippen LogP contribution is 2.23. The summed E-state index contributed by atoms with van der Waals surface area (Å²) in [6.45, 7) is -1.68. The highest BCUT2D eigenvalue weighted by Gasteiger charge is 2.37. The molecule has 1 aromatic heterocycles. The van der Waals surface area contributed by atoms with Gasteiger partial charge in [-0.05, 0) is 12.5 Å². The Morgan fingerprint density at radius 2 is 2.10 bits per heavy atom. The van der Waals surface area contributed by atoms with E-state index in [-0.39, 0.29) is 60.4 Å². The minimum atomic E-state index is -4.53. The monoisotopic (exact) mass is 448 g/mol. The fourth-order valence-corrected chi connectivity index (χ4v) is 4.80. The molecule has 30 heavy (non-hydrogen) atoms. The number of hydrazone groups is 1. The predicted octanol–water partition coefficient (Wildman–Crippen LogP) is 0.804. The molecular weight excluding hydrogens is 429 g/mol. The zero-order valence-corrected chi connectivity index (χ0v) is 16.5. The Balaban J connectivity index is 1.65. The van der Waals surface area contributed by atoms with E-state index in [9.17, 15) is 31.2 Å². The van der Waals surface area contributed by atoms with E-state index in [2.05, 4.69) is 20.1 Å². The fourth-order valence-electron chi connectivity index (χ4n) is 3.10. The third kappa shape index (κ3) is 5.68. The van der Waals surface area contributed by atoms with Crippen LogP contribution in [0.3, 0.4) is 0 Å². The maximum absolute atomic E-state index is 12.5. The van der Waals surface area contributed by atoms with E-state index < -0.39 is 34.6 Å². The molecule has 1 aromatic rings. The summed E-state index contributed by atoms with van der Waals surface area (Å²) in [5.74, 6) is -1.47. The molecule has 9 nitrogen and oxygen atoms in total. The number of hydrogen-bond donors (Lipinski definition) is 1. The van der Waals surface area contributed by atoms with Crippen molar-refractivity contribution >= 4 is 27.4 Å². The average molecular weight is 448 g/mol. The molecule has 3 heterocycles. The van der Waals surface area contributed by atoms with Crippen LogP contribution in [0.2, 0.25) is 0 Å². The van der Waals surface area contributed by atoms with Crippen LogP contribution in [0, 0.1) is 0 Å². The van der Waals surface area contributed by atoms with Crippen molar-refractivity contribution < 1.29 is 35.9 Å². The highest BCUT2D eigenvalue weighted by atomic mass is 32.2. The number of aromatic nitrogens is 1. The molecule has 0 aromatic carbocycles. The number of nitrogens with zero attached hydrogens (tertiary/aromatic N) is 3. The molecule has 2 aliphatic rings. The normalized spacial score (nSPS) is 21.3. The Hall–Kier alpha value is -2.70.